The molecule has 0 aromatic heterocycles. The zero-order chi connectivity index (χ0) is 10.8. The molecule has 1 nitrogen and oxygen atoms in total. The van der Waals surface area contributed by atoms with Crippen LogP contribution in [0.25, 0.3) is 0 Å². The zero-order valence-electron chi connectivity index (χ0n) is 9.80. The van der Waals surface area contributed by atoms with Crippen LogP contribution in [0.4, 0.5) is 0 Å². The van der Waals surface area contributed by atoms with Gasteiger partial charge in [0.25, 0.3) is 0 Å². The maximum atomic E-state index is 10.0. The molecule has 0 saturated carbocycles. The molecular formula is C13H22O. The van der Waals surface area contributed by atoms with E-state index in [0.717, 1.165) is 12.0 Å². The summed E-state index contributed by atoms with van der Waals surface area (Å²) in [5.74, 6) is 0. The van der Waals surface area contributed by atoms with E-state index in [4.69, 9.17) is 0 Å². The molecule has 0 heterocycles. The lowest BCUT2D eigenvalue weighted by Gasteiger charge is -2.29. The third-order valence-electron chi connectivity index (χ3n) is 3.10. The fourth-order valence-corrected chi connectivity index (χ4v) is 2.06. The Hall–Kier alpha value is -0.560. The van der Waals surface area contributed by atoms with Crippen molar-refractivity contribution in [2.24, 2.45) is 5.41 Å². The minimum absolute atomic E-state index is 0.266. The summed E-state index contributed by atoms with van der Waals surface area (Å²) < 4.78 is 0. The topological polar surface area (TPSA) is 20.2 Å². The van der Waals surface area contributed by atoms with Gasteiger partial charge in [0.05, 0.1) is 6.10 Å². The van der Waals surface area contributed by atoms with Crippen molar-refractivity contribution in [2.75, 3.05) is 0 Å². The first kappa shape index (κ1) is 11.5. The number of allylic oxidation sites excluding steroid dienone is 2. The second kappa shape index (κ2) is 4.31. The van der Waals surface area contributed by atoms with Gasteiger partial charge in [-0.15, -0.1) is 0 Å². The Morgan fingerprint density at radius 3 is 2.71 bits per heavy atom. The minimum Gasteiger partial charge on any atom is -0.384 e. The first-order valence-corrected chi connectivity index (χ1v) is 5.49. The Labute approximate surface area is 87.5 Å². The predicted molar refractivity (Wildman–Crippen MR) is 61.2 cm³/mol. The molecule has 14 heavy (non-hydrogen) atoms. The summed E-state index contributed by atoms with van der Waals surface area (Å²) in [6.45, 7) is 8.45. The Morgan fingerprint density at radius 2 is 2.21 bits per heavy atom. The van der Waals surface area contributed by atoms with Gasteiger partial charge in [0, 0.05) is 0 Å². The molecule has 0 aromatic carbocycles. The summed E-state index contributed by atoms with van der Waals surface area (Å²) in [7, 11) is 0. The van der Waals surface area contributed by atoms with Crippen molar-refractivity contribution in [3.05, 3.63) is 23.3 Å². The zero-order valence-corrected chi connectivity index (χ0v) is 9.80. The molecule has 0 fully saturated rings. The van der Waals surface area contributed by atoms with Crippen LogP contribution in [0.5, 0.6) is 0 Å². The SMILES string of the molecule is C/C=C(\C)C(O)C1=CC(C)(C)CCC1. The molecule has 0 aromatic rings. The molecule has 1 atom stereocenters. The summed E-state index contributed by atoms with van der Waals surface area (Å²) in [6.07, 6.45) is 7.39. The molecule has 1 rings (SSSR count). The fourth-order valence-electron chi connectivity index (χ4n) is 2.06. The van der Waals surface area contributed by atoms with Crippen molar-refractivity contribution in [2.45, 2.75) is 53.1 Å². The Morgan fingerprint density at radius 1 is 1.57 bits per heavy atom. The lowest BCUT2D eigenvalue weighted by Crippen LogP contribution is -2.20. The average molecular weight is 194 g/mol. The van der Waals surface area contributed by atoms with Crippen LogP contribution < -0.4 is 0 Å². The third-order valence-corrected chi connectivity index (χ3v) is 3.10. The van der Waals surface area contributed by atoms with E-state index in [1.54, 1.807) is 0 Å². The quantitative estimate of drug-likeness (QED) is 0.667. The highest BCUT2D eigenvalue weighted by molar-refractivity contribution is 5.24. The average Bonchev–Trinajstić information content (AvgIpc) is 2.14. The Balaban J connectivity index is 2.83. The molecule has 1 aliphatic carbocycles. The normalized spacial score (nSPS) is 24.4. The molecular weight excluding hydrogens is 172 g/mol. The largest absolute Gasteiger partial charge is 0.384 e. The van der Waals surface area contributed by atoms with Crippen LogP contribution in [-0.4, -0.2) is 11.2 Å². The van der Waals surface area contributed by atoms with Crippen molar-refractivity contribution in [3.63, 3.8) is 0 Å². The maximum absolute atomic E-state index is 10.0. The van der Waals surface area contributed by atoms with E-state index >= 15 is 0 Å². The number of aliphatic hydroxyl groups is 1. The van der Waals surface area contributed by atoms with Crippen molar-refractivity contribution in [1.29, 1.82) is 0 Å². The van der Waals surface area contributed by atoms with Gasteiger partial charge < -0.3 is 5.11 Å². The molecule has 1 heteroatoms. The van der Waals surface area contributed by atoms with Crippen molar-refractivity contribution in [1.82, 2.24) is 0 Å². The number of aliphatic hydroxyl groups excluding tert-OH is 1. The van der Waals surface area contributed by atoms with Crippen LogP contribution >= 0.6 is 0 Å². The van der Waals surface area contributed by atoms with Gasteiger partial charge in [0.2, 0.25) is 0 Å². The van der Waals surface area contributed by atoms with E-state index < -0.39 is 0 Å². The van der Waals surface area contributed by atoms with E-state index in [9.17, 15) is 5.11 Å². The summed E-state index contributed by atoms with van der Waals surface area (Å²) in [4.78, 5) is 0. The van der Waals surface area contributed by atoms with E-state index in [1.165, 1.54) is 18.4 Å². The van der Waals surface area contributed by atoms with Crippen molar-refractivity contribution < 1.29 is 5.11 Å². The lowest BCUT2D eigenvalue weighted by molar-refractivity contribution is 0.231. The molecule has 1 aliphatic rings. The monoisotopic (exact) mass is 194 g/mol. The summed E-state index contributed by atoms with van der Waals surface area (Å²) >= 11 is 0. The molecule has 0 radical (unpaired) electrons. The molecule has 0 bridgehead atoms. The molecule has 0 saturated heterocycles. The molecule has 80 valence electrons. The highest BCUT2D eigenvalue weighted by atomic mass is 16.3. The van der Waals surface area contributed by atoms with Gasteiger partial charge >= 0.3 is 0 Å². The van der Waals surface area contributed by atoms with Crippen LogP contribution in [0.2, 0.25) is 0 Å². The van der Waals surface area contributed by atoms with Gasteiger partial charge in [-0.25, -0.2) is 0 Å². The van der Waals surface area contributed by atoms with Gasteiger partial charge in [0.1, 0.15) is 0 Å². The Kier molecular flexibility index (Phi) is 3.54. The van der Waals surface area contributed by atoms with E-state index in [2.05, 4.69) is 19.9 Å². The standard InChI is InChI=1S/C13H22O/c1-5-10(2)12(14)11-7-6-8-13(3,4)9-11/h5,9,12,14H,6-8H2,1-4H3/b10-5+. The molecule has 1 unspecified atom stereocenters. The van der Waals surface area contributed by atoms with Gasteiger partial charge in [-0.05, 0) is 49.7 Å². The summed E-state index contributed by atoms with van der Waals surface area (Å²) in [5.41, 5.74) is 2.54. The highest BCUT2D eigenvalue weighted by Gasteiger charge is 2.23. The summed E-state index contributed by atoms with van der Waals surface area (Å²) in [6, 6.07) is 0. The molecule has 1 N–H and O–H groups in total. The van der Waals surface area contributed by atoms with E-state index in [-0.39, 0.29) is 11.5 Å². The van der Waals surface area contributed by atoms with E-state index in [0.29, 0.717) is 0 Å². The fraction of sp³-hybridized carbons (Fsp3) is 0.692. The molecule has 0 aliphatic heterocycles. The predicted octanol–water partition coefficient (Wildman–Crippen LogP) is 3.45. The second-order valence-electron chi connectivity index (χ2n) is 5.00. The van der Waals surface area contributed by atoms with Crippen LogP contribution in [0, 0.1) is 5.41 Å². The van der Waals surface area contributed by atoms with Gasteiger partial charge in [-0.3, -0.25) is 0 Å². The van der Waals surface area contributed by atoms with Crippen LogP contribution in [0.15, 0.2) is 23.3 Å². The lowest BCUT2D eigenvalue weighted by atomic mass is 9.77. The molecule has 0 amide bonds. The number of hydrogen-bond acceptors (Lipinski definition) is 1. The van der Waals surface area contributed by atoms with Crippen LogP contribution in [-0.2, 0) is 0 Å². The maximum Gasteiger partial charge on any atom is 0.0958 e. The van der Waals surface area contributed by atoms with E-state index in [1.807, 2.05) is 19.9 Å². The third kappa shape index (κ3) is 2.71. The van der Waals surface area contributed by atoms with Crippen molar-refractivity contribution in [3.8, 4) is 0 Å². The highest BCUT2D eigenvalue weighted by Crippen LogP contribution is 2.35. The first-order chi connectivity index (χ1) is 6.46. The van der Waals surface area contributed by atoms with Crippen molar-refractivity contribution >= 4 is 0 Å². The number of rotatable bonds is 2. The minimum atomic E-state index is -0.348. The van der Waals surface area contributed by atoms with Gasteiger partial charge in [-0.2, -0.15) is 0 Å². The van der Waals surface area contributed by atoms with Gasteiger partial charge in [0.15, 0.2) is 0 Å². The van der Waals surface area contributed by atoms with Gasteiger partial charge in [-0.1, -0.05) is 26.0 Å². The Bertz CT molecular complexity index is 258. The number of hydrogen-bond donors (Lipinski definition) is 1. The second-order valence-corrected chi connectivity index (χ2v) is 5.00. The van der Waals surface area contributed by atoms with Crippen LogP contribution in [0.1, 0.15) is 47.0 Å². The molecule has 0 spiro atoms. The smallest absolute Gasteiger partial charge is 0.0958 e. The van der Waals surface area contributed by atoms with Crippen LogP contribution in [0.3, 0.4) is 0 Å². The first-order valence-electron chi connectivity index (χ1n) is 5.49. The summed E-state index contributed by atoms with van der Waals surface area (Å²) in [5, 5.41) is 10.0.